The molecule has 2 heterocycles. The fourth-order valence-corrected chi connectivity index (χ4v) is 2.36. The highest BCUT2D eigenvalue weighted by atomic mass is 16.4. The third-order valence-corrected chi connectivity index (χ3v) is 3.39. The van der Waals surface area contributed by atoms with E-state index >= 15 is 0 Å². The average molecular weight is 238 g/mol. The number of aliphatic hydroxyl groups excluding tert-OH is 1. The Balaban J connectivity index is 1.77. The normalized spacial score (nSPS) is 21.9. The number of nitrogens with zero attached hydrogens (tertiary/aromatic N) is 1. The topological polar surface area (TPSA) is 48.6 Å². The smallest absolute Gasteiger partial charge is 0.129 e. The molecule has 1 aromatic heterocycles. The molecule has 0 radical (unpaired) electrons. The van der Waals surface area contributed by atoms with Gasteiger partial charge in [-0.2, -0.15) is 0 Å². The Morgan fingerprint density at radius 2 is 2.29 bits per heavy atom. The van der Waals surface area contributed by atoms with Gasteiger partial charge >= 0.3 is 0 Å². The minimum absolute atomic E-state index is 0.0208. The SMILES string of the molecule is CCN1CCCC(NCc2ccc(CO)o2)C1. The summed E-state index contributed by atoms with van der Waals surface area (Å²) in [6.45, 7) is 6.43. The highest BCUT2D eigenvalue weighted by Gasteiger charge is 2.18. The van der Waals surface area contributed by atoms with Crippen LogP contribution in [0.4, 0.5) is 0 Å². The summed E-state index contributed by atoms with van der Waals surface area (Å²) in [7, 11) is 0. The molecule has 1 atom stereocenters. The molecule has 1 aliphatic rings. The number of rotatable bonds is 5. The van der Waals surface area contributed by atoms with E-state index < -0.39 is 0 Å². The van der Waals surface area contributed by atoms with Crippen molar-refractivity contribution < 1.29 is 9.52 Å². The van der Waals surface area contributed by atoms with Crippen molar-refractivity contribution in [3.05, 3.63) is 23.7 Å². The van der Waals surface area contributed by atoms with E-state index in [9.17, 15) is 0 Å². The summed E-state index contributed by atoms with van der Waals surface area (Å²) in [4.78, 5) is 2.47. The first kappa shape index (κ1) is 12.6. The maximum absolute atomic E-state index is 8.91. The van der Waals surface area contributed by atoms with E-state index in [0.717, 1.165) is 25.4 Å². The lowest BCUT2D eigenvalue weighted by Gasteiger charge is -2.32. The summed E-state index contributed by atoms with van der Waals surface area (Å²) in [5.74, 6) is 1.54. The highest BCUT2D eigenvalue weighted by Crippen LogP contribution is 2.12. The molecule has 96 valence electrons. The second-order valence-electron chi connectivity index (χ2n) is 4.64. The van der Waals surface area contributed by atoms with Crippen molar-refractivity contribution in [1.29, 1.82) is 0 Å². The van der Waals surface area contributed by atoms with E-state index in [0.29, 0.717) is 11.8 Å². The summed E-state index contributed by atoms with van der Waals surface area (Å²) >= 11 is 0. The van der Waals surface area contributed by atoms with Gasteiger partial charge in [0, 0.05) is 12.6 Å². The number of hydrogen-bond acceptors (Lipinski definition) is 4. The second-order valence-corrected chi connectivity index (χ2v) is 4.64. The molecule has 1 unspecified atom stereocenters. The Labute approximate surface area is 103 Å². The molecule has 1 aromatic rings. The third kappa shape index (κ3) is 3.56. The number of likely N-dealkylation sites (tertiary alicyclic amines) is 1. The van der Waals surface area contributed by atoms with Crippen molar-refractivity contribution in [2.45, 2.75) is 39.0 Å². The Bertz CT molecular complexity index is 338. The lowest BCUT2D eigenvalue weighted by Crippen LogP contribution is -2.45. The molecule has 2 rings (SSSR count). The molecule has 1 saturated heterocycles. The maximum atomic E-state index is 8.91. The summed E-state index contributed by atoms with van der Waals surface area (Å²) in [6, 6.07) is 4.32. The molecule has 0 aliphatic carbocycles. The average Bonchev–Trinajstić information content (AvgIpc) is 2.84. The van der Waals surface area contributed by atoms with E-state index in [4.69, 9.17) is 9.52 Å². The van der Waals surface area contributed by atoms with Crippen LogP contribution in [-0.2, 0) is 13.2 Å². The number of piperidine rings is 1. The largest absolute Gasteiger partial charge is 0.462 e. The number of aliphatic hydroxyl groups is 1. The molecule has 0 spiro atoms. The summed E-state index contributed by atoms with van der Waals surface area (Å²) in [5.41, 5.74) is 0. The Hall–Kier alpha value is -0.840. The van der Waals surface area contributed by atoms with Crippen LogP contribution in [-0.4, -0.2) is 35.7 Å². The summed E-state index contributed by atoms with van der Waals surface area (Å²) < 4.78 is 5.45. The van der Waals surface area contributed by atoms with Gasteiger partial charge in [0.25, 0.3) is 0 Å². The Kier molecular flexibility index (Phi) is 4.59. The Morgan fingerprint density at radius 1 is 1.47 bits per heavy atom. The fourth-order valence-electron chi connectivity index (χ4n) is 2.36. The lowest BCUT2D eigenvalue weighted by molar-refractivity contribution is 0.195. The molecule has 0 saturated carbocycles. The first-order valence-corrected chi connectivity index (χ1v) is 6.46. The highest BCUT2D eigenvalue weighted by molar-refractivity contribution is 5.06. The van der Waals surface area contributed by atoms with Gasteiger partial charge in [0.15, 0.2) is 0 Å². The minimum Gasteiger partial charge on any atom is -0.462 e. The van der Waals surface area contributed by atoms with Crippen molar-refractivity contribution in [1.82, 2.24) is 10.2 Å². The van der Waals surface area contributed by atoms with Crippen molar-refractivity contribution in [3.63, 3.8) is 0 Å². The van der Waals surface area contributed by atoms with E-state index in [1.807, 2.05) is 12.1 Å². The Morgan fingerprint density at radius 3 is 3.00 bits per heavy atom. The van der Waals surface area contributed by atoms with Gasteiger partial charge in [-0.1, -0.05) is 6.92 Å². The predicted octanol–water partition coefficient (Wildman–Crippen LogP) is 1.35. The monoisotopic (exact) mass is 238 g/mol. The number of furan rings is 1. The summed E-state index contributed by atoms with van der Waals surface area (Å²) in [6.07, 6.45) is 2.51. The van der Waals surface area contributed by atoms with Gasteiger partial charge in [-0.15, -0.1) is 0 Å². The third-order valence-electron chi connectivity index (χ3n) is 3.39. The molecule has 4 nitrogen and oxygen atoms in total. The van der Waals surface area contributed by atoms with Crippen molar-refractivity contribution >= 4 is 0 Å². The molecule has 1 aliphatic heterocycles. The molecule has 4 heteroatoms. The van der Waals surface area contributed by atoms with Crippen LogP contribution in [0.1, 0.15) is 31.3 Å². The molecule has 2 N–H and O–H groups in total. The zero-order chi connectivity index (χ0) is 12.1. The predicted molar refractivity (Wildman–Crippen MR) is 66.6 cm³/mol. The minimum atomic E-state index is -0.0208. The number of hydrogen-bond donors (Lipinski definition) is 2. The van der Waals surface area contributed by atoms with Crippen LogP contribution in [0.5, 0.6) is 0 Å². The van der Waals surface area contributed by atoms with Gasteiger partial charge < -0.3 is 19.7 Å². The maximum Gasteiger partial charge on any atom is 0.129 e. The van der Waals surface area contributed by atoms with Crippen molar-refractivity contribution in [3.8, 4) is 0 Å². The van der Waals surface area contributed by atoms with Crippen molar-refractivity contribution in [2.24, 2.45) is 0 Å². The van der Waals surface area contributed by atoms with Crippen LogP contribution in [0.2, 0.25) is 0 Å². The van der Waals surface area contributed by atoms with E-state index in [1.165, 1.54) is 19.4 Å². The van der Waals surface area contributed by atoms with Crippen LogP contribution >= 0.6 is 0 Å². The molecular formula is C13H22N2O2. The van der Waals surface area contributed by atoms with Crippen LogP contribution in [0, 0.1) is 0 Å². The van der Waals surface area contributed by atoms with Gasteiger partial charge in [-0.05, 0) is 38.1 Å². The lowest BCUT2D eigenvalue weighted by atomic mass is 10.1. The van der Waals surface area contributed by atoms with Gasteiger partial charge in [0.05, 0.1) is 6.54 Å². The number of nitrogens with one attached hydrogen (secondary N) is 1. The van der Waals surface area contributed by atoms with Crippen molar-refractivity contribution in [2.75, 3.05) is 19.6 Å². The molecule has 0 aromatic carbocycles. The second kappa shape index (κ2) is 6.19. The van der Waals surface area contributed by atoms with Crippen LogP contribution in [0.25, 0.3) is 0 Å². The zero-order valence-corrected chi connectivity index (χ0v) is 10.5. The molecular weight excluding hydrogens is 216 g/mol. The van der Waals surface area contributed by atoms with Crippen LogP contribution < -0.4 is 5.32 Å². The fraction of sp³-hybridized carbons (Fsp3) is 0.692. The zero-order valence-electron chi connectivity index (χ0n) is 10.5. The quantitative estimate of drug-likeness (QED) is 0.813. The first-order valence-electron chi connectivity index (χ1n) is 6.46. The van der Waals surface area contributed by atoms with E-state index in [2.05, 4.69) is 17.1 Å². The van der Waals surface area contributed by atoms with E-state index in [-0.39, 0.29) is 6.61 Å². The van der Waals surface area contributed by atoms with Gasteiger partial charge in [0.1, 0.15) is 18.1 Å². The number of likely N-dealkylation sites (N-methyl/N-ethyl adjacent to an activating group) is 1. The first-order chi connectivity index (χ1) is 8.31. The van der Waals surface area contributed by atoms with Gasteiger partial charge in [0.2, 0.25) is 0 Å². The van der Waals surface area contributed by atoms with Gasteiger partial charge in [-0.3, -0.25) is 0 Å². The standard InChI is InChI=1S/C13H22N2O2/c1-2-15-7-3-4-11(9-15)14-8-12-5-6-13(10-16)17-12/h5-6,11,14,16H,2-4,7-10H2,1H3. The molecule has 17 heavy (non-hydrogen) atoms. The van der Waals surface area contributed by atoms with Crippen LogP contribution in [0.3, 0.4) is 0 Å². The molecule has 0 bridgehead atoms. The molecule has 1 fully saturated rings. The summed E-state index contributed by atoms with van der Waals surface area (Å²) in [5, 5.41) is 12.4. The molecule has 0 amide bonds. The van der Waals surface area contributed by atoms with E-state index in [1.54, 1.807) is 0 Å². The van der Waals surface area contributed by atoms with Crippen LogP contribution in [0.15, 0.2) is 16.5 Å². The van der Waals surface area contributed by atoms with Gasteiger partial charge in [-0.25, -0.2) is 0 Å².